The van der Waals surface area contributed by atoms with Crippen LogP contribution in [-0.4, -0.2) is 19.8 Å². The molecule has 0 saturated carbocycles. The lowest BCUT2D eigenvalue weighted by atomic mass is 10.1. The minimum absolute atomic E-state index is 0.249. The summed E-state index contributed by atoms with van der Waals surface area (Å²) in [5.74, 6) is 0. The van der Waals surface area contributed by atoms with Gasteiger partial charge in [-0.1, -0.05) is 13.0 Å². The summed E-state index contributed by atoms with van der Waals surface area (Å²) in [5.41, 5.74) is 2.72. The fourth-order valence-corrected chi connectivity index (χ4v) is 1.56. The number of ether oxygens (including phenoxy) is 1. The maximum absolute atomic E-state index is 9.00. The van der Waals surface area contributed by atoms with Gasteiger partial charge in [0.2, 0.25) is 0 Å². The highest BCUT2D eigenvalue weighted by molar-refractivity contribution is 5.59. The van der Waals surface area contributed by atoms with Crippen LogP contribution < -0.4 is 5.32 Å². The molecule has 0 spiro atoms. The monoisotopic (exact) mass is 218 g/mol. The van der Waals surface area contributed by atoms with Crippen molar-refractivity contribution in [2.75, 3.05) is 19.0 Å². The average Bonchev–Trinajstić information content (AvgIpc) is 2.29. The molecule has 0 aromatic heterocycles. The largest absolute Gasteiger partial charge is 0.383 e. The Morgan fingerprint density at radius 2 is 2.25 bits per heavy atom. The highest BCUT2D eigenvalue weighted by Crippen LogP contribution is 2.18. The molecule has 86 valence electrons. The van der Waals surface area contributed by atoms with Gasteiger partial charge in [-0.3, -0.25) is 0 Å². The third kappa shape index (κ3) is 3.25. The van der Waals surface area contributed by atoms with Gasteiger partial charge in [-0.25, -0.2) is 0 Å². The summed E-state index contributed by atoms with van der Waals surface area (Å²) in [6.45, 7) is 4.76. The van der Waals surface area contributed by atoms with Crippen LogP contribution in [0.2, 0.25) is 0 Å². The van der Waals surface area contributed by atoms with Gasteiger partial charge < -0.3 is 10.1 Å². The van der Waals surface area contributed by atoms with E-state index >= 15 is 0 Å². The first-order valence-electron chi connectivity index (χ1n) is 5.47. The second kappa shape index (κ2) is 6.14. The van der Waals surface area contributed by atoms with E-state index in [-0.39, 0.29) is 6.04 Å². The second-order valence-corrected chi connectivity index (χ2v) is 3.87. The first-order chi connectivity index (χ1) is 7.71. The number of hydrogen-bond acceptors (Lipinski definition) is 3. The number of benzene rings is 1. The number of nitrogens with one attached hydrogen (secondary N) is 1. The first-order valence-corrected chi connectivity index (χ1v) is 5.47. The summed E-state index contributed by atoms with van der Waals surface area (Å²) < 4.78 is 5.13. The zero-order chi connectivity index (χ0) is 12.0. The van der Waals surface area contributed by atoms with Gasteiger partial charge in [0, 0.05) is 13.2 Å². The number of nitrogens with zero attached hydrogens (tertiary/aromatic N) is 1. The van der Waals surface area contributed by atoms with E-state index in [0.29, 0.717) is 12.2 Å². The molecule has 1 aromatic carbocycles. The van der Waals surface area contributed by atoms with Crippen molar-refractivity contribution in [2.45, 2.75) is 26.3 Å². The molecule has 0 bridgehead atoms. The molecule has 3 nitrogen and oxygen atoms in total. The van der Waals surface area contributed by atoms with Crippen molar-refractivity contribution in [1.82, 2.24) is 0 Å². The molecule has 0 radical (unpaired) electrons. The Morgan fingerprint density at radius 3 is 2.81 bits per heavy atom. The highest BCUT2D eigenvalue weighted by Gasteiger charge is 2.08. The summed E-state index contributed by atoms with van der Waals surface area (Å²) in [5, 5.41) is 12.3. The molecule has 3 heteroatoms. The summed E-state index contributed by atoms with van der Waals surface area (Å²) >= 11 is 0. The van der Waals surface area contributed by atoms with Crippen molar-refractivity contribution in [1.29, 1.82) is 5.26 Å². The average molecular weight is 218 g/mol. The molecule has 1 rings (SSSR count). The number of nitriles is 1. The molecular formula is C13H18N2O. The molecule has 1 unspecified atom stereocenters. The molecule has 0 fully saturated rings. The Labute approximate surface area is 97.0 Å². The number of hydrogen-bond donors (Lipinski definition) is 1. The van der Waals surface area contributed by atoms with Crippen LogP contribution in [-0.2, 0) is 4.74 Å². The molecule has 16 heavy (non-hydrogen) atoms. The highest BCUT2D eigenvalue weighted by atomic mass is 16.5. The van der Waals surface area contributed by atoms with Crippen molar-refractivity contribution in [3.05, 3.63) is 29.3 Å². The summed E-state index contributed by atoms with van der Waals surface area (Å²) in [6.07, 6.45) is 0.965. The van der Waals surface area contributed by atoms with Crippen LogP contribution in [0.25, 0.3) is 0 Å². The van der Waals surface area contributed by atoms with Gasteiger partial charge in [0.05, 0.1) is 17.9 Å². The number of anilines is 1. The Balaban J connectivity index is 2.86. The fourth-order valence-electron chi connectivity index (χ4n) is 1.56. The normalized spacial score (nSPS) is 11.9. The van der Waals surface area contributed by atoms with Crippen LogP contribution in [0.5, 0.6) is 0 Å². The Bertz CT molecular complexity index is 382. The minimum atomic E-state index is 0.249. The molecule has 0 aliphatic heterocycles. The fraction of sp³-hybridized carbons (Fsp3) is 0.462. The smallest absolute Gasteiger partial charge is 0.101 e. The Hall–Kier alpha value is -1.53. The van der Waals surface area contributed by atoms with Crippen molar-refractivity contribution in [3.63, 3.8) is 0 Å². The maximum atomic E-state index is 9.00. The molecule has 0 saturated heterocycles. The SMILES string of the molecule is CCC(COC)Nc1cc(C)ccc1C#N. The van der Waals surface area contributed by atoms with E-state index in [1.807, 2.05) is 25.1 Å². The zero-order valence-electron chi connectivity index (χ0n) is 10.1. The van der Waals surface area contributed by atoms with Crippen LogP contribution in [0.1, 0.15) is 24.5 Å². The van der Waals surface area contributed by atoms with Crippen LogP contribution >= 0.6 is 0 Å². The van der Waals surface area contributed by atoms with E-state index in [9.17, 15) is 0 Å². The standard InChI is InChI=1S/C13H18N2O/c1-4-12(9-16-3)15-13-7-10(2)5-6-11(13)8-14/h5-7,12,15H,4,9H2,1-3H3. The third-order valence-corrected chi connectivity index (χ3v) is 2.52. The lowest BCUT2D eigenvalue weighted by Crippen LogP contribution is -2.24. The van der Waals surface area contributed by atoms with Gasteiger partial charge in [0.15, 0.2) is 0 Å². The van der Waals surface area contributed by atoms with Gasteiger partial charge in [-0.05, 0) is 31.0 Å². The van der Waals surface area contributed by atoms with Crippen LogP contribution in [0.4, 0.5) is 5.69 Å². The van der Waals surface area contributed by atoms with E-state index in [2.05, 4.69) is 18.3 Å². The van der Waals surface area contributed by atoms with E-state index < -0.39 is 0 Å². The van der Waals surface area contributed by atoms with Gasteiger partial charge in [0.25, 0.3) is 0 Å². The number of rotatable bonds is 5. The van der Waals surface area contributed by atoms with E-state index in [0.717, 1.165) is 17.7 Å². The second-order valence-electron chi connectivity index (χ2n) is 3.87. The predicted octanol–water partition coefficient (Wildman–Crippen LogP) is 2.70. The molecule has 0 aliphatic rings. The van der Waals surface area contributed by atoms with E-state index in [1.54, 1.807) is 7.11 Å². The van der Waals surface area contributed by atoms with Crippen LogP contribution in [0.3, 0.4) is 0 Å². The Kier molecular flexibility index (Phi) is 4.81. The number of aryl methyl sites for hydroxylation is 1. The summed E-state index contributed by atoms with van der Waals surface area (Å²) in [4.78, 5) is 0. The summed E-state index contributed by atoms with van der Waals surface area (Å²) in [6, 6.07) is 8.23. The zero-order valence-corrected chi connectivity index (χ0v) is 10.1. The molecule has 0 amide bonds. The van der Waals surface area contributed by atoms with Crippen LogP contribution in [0.15, 0.2) is 18.2 Å². The van der Waals surface area contributed by atoms with Crippen LogP contribution in [0, 0.1) is 18.3 Å². The maximum Gasteiger partial charge on any atom is 0.101 e. The van der Waals surface area contributed by atoms with Crippen molar-refractivity contribution in [3.8, 4) is 6.07 Å². The topological polar surface area (TPSA) is 45.0 Å². The van der Waals surface area contributed by atoms with E-state index in [4.69, 9.17) is 10.00 Å². The minimum Gasteiger partial charge on any atom is -0.383 e. The van der Waals surface area contributed by atoms with Gasteiger partial charge in [-0.15, -0.1) is 0 Å². The molecule has 1 atom stereocenters. The van der Waals surface area contributed by atoms with Gasteiger partial charge in [-0.2, -0.15) is 5.26 Å². The Morgan fingerprint density at radius 1 is 1.50 bits per heavy atom. The third-order valence-electron chi connectivity index (χ3n) is 2.52. The lowest BCUT2D eigenvalue weighted by molar-refractivity contribution is 0.184. The number of methoxy groups -OCH3 is 1. The lowest BCUT2D eigenvalue weighted by Gasteiger charge is -2.18. The first kappa shape index (κ1) is 12.5. The summed E-state index contributed by atoms with van der Waals surface area (Å²) in [7, 11) is 1.69. The van der Waals surface area contributed by atoms with Crippen molar-refractivity contribution >= 4 is 5.69 Å². The van der Waals surface area contributed by atoms with Gasteiger partial charge in [0.1, 0.15) is 6.07 Å². The van der Waals surface area contributed by atoms with Crippen molar-refractivity contribution in [2.24, 2.45) is 0 Å². The quantitative estimate of drug-likeness (QED) is 0.826. The molecule has 1 aromatic rings. The predicted molar refractivity (Wildman–Crippen MR) is 65.5 cm³/mol. The molecule has 0 aliphatic carbocycles. The molecule has 1 N–H and O–H groups in total. The molecule has 0 heterocycles. The van der Waals surface area contributed by atoms with Crippen molar-refractivity contribution < 1.29 is 4.74 Å². The van der Waals surface area contributed by atoms with Gasteiger partial charge >= 0.3 is 0 Å². The van der Waals surface area contributed by atoms with E-state index in [1.165, 1.54) is 0 Å². The molecular weight excluding hydrogens is 200 g/mol.